The third-order valence-corrected chi connectivity index (χ3v) is 3.37. The number of benzene rings is 1. The Kier molecular flexibility index (Phi) is 4.27. The summed E-state index contributed by atoms with van der Waals surface area (Å²) in [6.45, 7) is 4.23. The molecule has 2 rings (SSSR count). The SMILES string of the molecule is COc1cc(OC(C)=O)c2c(c1)OC(C)(C)C2NC(=O)CO. The standard InChI is InChI=1S/C15H19NO6/c1-8(18)21-10-5-9(20-4)6-11-13(10)14(15(2,3)22-11)16-12(19)7-17/h5-6,14,17H,7H2,1-4H3,(H,16,19). The van der Waals surface area contributed by atoms with Gasteiger partial charge in [-0.05, 0) is 13.8 Å². The van der Waals surface area contributed by atoms with Gasteiger partial charge in [0.1, 0.15) is 35.5 Å². The molecule has 0 fully saturated rings. The maximum atomic E-state index is 11.6. The highest BCUT2D eigenvalue weighted by Crippen LogP contribution is 2.49. The number of carbonyl (C=O) groups is 2. The van der Waals surface area contributed by atoms with Crippen molar-refractivity contribution < 1.29 is 28.9 Å². The van der Waals surface area contributed by atoms with E-state index >= 15 is 0 Å². The summed E-state index contributed by atoms with van der Waals surface area (Å²) in [6.07, 6.45) is 0. The fourth-order valence-corrected chi connectivity index (χ4v) is 2.45. The van der Waals surface area contributed by atoms with Gasteiger partial charge in [-0.25, -0.2) is 0 Å². The van der Waals surface area contributed by atoms with Crippen LogP contribution >= 0.6 is 0 Å². The molecule has 1 amide bonds. The maximum Gasteiger partial charge on any atom is 0.308 e. The number of hydrogen-bond donors (Lipinski definition) is 2. The zero-order valence-corrected chi connectivity index (χ0v) is 12.9. The van der Waals surface area contributed by atoms with Crippen LogP contribution in [0.4, 0.5) is 0 Å². The van der Waals surface area contributed by atoms with E-state index in [1.807, 2.05) is 0 Å². The quantitative estimate of drug-likeness (QED) is 0.635. The summed E-state index contributed by atoms with van der Waals surface area (Å²) in [5.74, 6) is 0.158. The van der Waals surface area contributed by atoms with Crippen molar-refractivity contribution in [3.8, 4) is 17.2 Å². The predicted molar refractivity (Wildman–Crippen MR) is 77.0 cm³/mol. The van der Waals surface area contributed by atoms with Crippen LogP contribution in [-0.2, 0) is 9.59 Å². The van der Waals surface area contributed by atoms with Gasteiger partial charge in [0.25, 0.3) is 0 Å². The van der Waals surface area contributed by atoms with E-state index in [4.69, 9.17) is 19.3 Å². The summed E-state index contributed by atoms with van der Waals surface area (Å²) in [7, 11) is 1.49. The number of esters is 1. The Morgan fingerprint density at radius 3 is 2.64 bits per heavy atom. The summed E-state index contributed by atoms with van der Waals surface area (Å²) >= 11 is 0. The second kappa shape index (κ2) is 5.84. The minimum atomic E-state index is -0.769. The zero-order chi connectivity index (χ0) is 16.5. The van der Waals surface area contributed by atoms with Crippen molar-refractivity contribution in [3.05, 3.63) is 17.7 Å². The highest BCUT2D eigenvalue weighted by Gasteiger charge is 2.44. The van der Waals surface area contributed by atoms with Crippen molar-refractivity contribution in [2.75, 3.05) is 13.7 Å². The summed E-state index contributed by atoms with van der Waals surface area (Å²) in [6, 6.07) is 2.65. The molecule has 2 N–H and O–H groups in total. The number of aliphatic hydroxyl groups is 1. The van der Waals surface area contributed by atoms with Crippen LogP contribution in [0.25, 0.3) is 0 Å². The van der Waals surface area contributed by atoms with Gasteiger partial charge in [0.15, 0.2) is 0 Å². The first-order valence-electron chi connectivity index (χ1n) is 6.78. The fourth-order valence-electron chi connectivity index (χ4n) is 2.45. The van der Waals surface area contributed by atoms with E-state index in [0.717, 1.165) is 0 Å². The third-order valence-electron chi connectivity index (χ3n) is 3.37. The average Bonchev–Trinajstić information content (AvgIpc) is 2.68. The van der Waals surface area contributed by atoms with E-state index in [9.17, 15) is 9.59 Å². The number of ether oxygens (including phenoxy) is 3. The van der Waals surface area contributed by atoms with Gasteiger partial charge >= 0.3 is 5.97 Å². The second-order valence-corrected chi connectivity index (χ2v) is 5.50. The molecule has 7 heteroatoms. The minimum Gasteiger partial charge on any atom is -0.496 e. The first-order chi connectivity index (χ1) is 10.3. The molecule has 1 heterocycles. The van der Waals surface area contributed by atoms with Crippen LogP contribution in [0, 0.1) is 0 Å². The molecular weight excluding hydrogens is 290 g/mol. The predicted octanol–water partition coefficient (Wildman–Crippen LogP) is 0.941. The molecule has 1 aromatic carbocycles. The molecular formula is C15H19NO6. The number of methoxy groups -OCH3 is 1. The van der Waals surface area contributed by atoms with Gasteiger partial charge in [-0.15, -0.1) is 0 Å². The van der Waals surface area contributed by atoms with E-state index in [2.05, 4.69) is 5.32 Å². The van der Waals surface area contributed by atoms with Crippen molar-refractivity contribution >= 4 is 11.9 Å². The molecule has 1 aliphatic heterocycles. The molecule has 1 aromatic rings. The smallest absolute Gasteiger partial charge is 0.308 e. The van der Waals surface area contributed by atoms with Crippen LogP contribution in [0.3, 0.4) is 0 Å². The molecule has 0 bridgehead atoms. The molecule has 1 atom stereocenters. The summed E-state index contributed by atoms with van der Waals surface area (Å²) < 4.78 is 16.2. The molecule has 1 aliphatic rings. The maximum absolute atomic E-state index is 11.6. The topological polar surface area (TPSA) is 94.1 Å². The number of carbonyl (C=O) groups excluding carboxylic acids is 2. The number of fused-ring (bicyclic) bond motifs is 1. The Labute approximate surface area is 128 Å². The lowest BCUT2D eigenvalue weighted by atomic mass is 9.93. The van der Waals surface area contributed by atoms with Gasteiger partial charge in [0.2, 0.25) is 5.91 Å². The average molecular weight is 309 g/mol. The fraction of sp³-hybridized carbons (Fsp3) is 0.467. The minimum absolute atomic E-state index is 0.260. The third kappa shape index (κ3) is 2.99. The van der Waals surface area contributed by atoms with Gasteiger partial charge in [0.05, 0.1) is 12.7 Å². The van der Waals surface area contributed by atoms with Crippen molar-refractivity contribution in [3.63, 3.8) is 0 Å². The Balaban J connectivity index is 2.53. The van der Waals surface area contributed by atoms with Crippen molar-refractivity contribution in [2.24, 2.45) is 0 Å². The molecule has 1 unspecified atom stereocenters. The van der Waals surface area contributed by atoms with E-state index in [1.165, 1.54) is 14.0 Å². The summed E-state index contributed by atoms with van der Waals surface area (Å²) in [5, 5.41) is 11.6. The monoisotopic (exact) mass is 309 g/mol. The first kappa shape index (κ1) is 16.1. The molecule has 0 aliphatic carbocycles. The van der Waals surface area contributed by atoms with E-state index in [0.29, 0.717) is 17.1 Å². The van der Waals surface area contributed by atoms with Crippen LogP contribution in [0.5, 0.6) is 17.2 Å². The number of rotatable bonds is 4. The summed E-state index contributed by atoms with van der Waals surface area (Å²) in [5.41, 5.74) is -0.225. The molecule has 120 valence electrons. The van der Waals surface area contributed by atoms with E-state index in [1.54, 1.807) is 26.0 Å². The number of hydrogen-bond acceptors (Lipinski definition) is 6. The van der Waals surface area contributed by atoms with Gasteiger partial charge in [-0.1, -0.05) is 0 Å². The molecule has 0 aromatic heterocycles. The van der Waals surface area contributed by atoms with Gasteiger partial charge in [-0.3, -0.25) is 9.59 Å². The normalized spacial score (nSPS) is 18.1. The van der Waals surface area contributed by atoms with E-state index < -0.39 is 30.1 Å². The van der Waals surface area contributed by atoms with Gasteiger partial charge < -0.3 is 24.6 Å². The second-order valence-electron chi connectivity index (χ2n) is 5.50. The lowest BCUT2D eigenvalue weighted by molar-refractivity contribution is -0.131. The molecule has 0 saturated heterocycles. The molecule has 0 spiro atoms. The lowest BCUT2D eigenvalue weighted by Gasteiger charge is -2.27. The molecule has 7 nitrogen and oxygen atoms in total. The Morgan fingerprint density at radius 2 is 2.09 bits per heavy atom. The lowest BCUT2D eigenvalue weighted by Crippen LogP contribution is -2.42. The van der Waals surface area contributed by atoms with Gasteiger partial charge in [-0.2, -0.15) is 0 Å². The van der Waals surface area contributed by atoms with Crippen molar-refractivity contribution in [1.29, 1.82) is 0 Å². The largest absolute Gasteiger partial charge is 0.496 e. The van der Waals surface area contributed by atoms with Crippen molar-refractivity contribution in [2.45, 2.75) is 32.4 Å². The van der Waals surface area contributed by atoms with E-state index in [-0.39, 0.29) is 5.75 Å². The highest BCUT2D eigenvalue weighted by molar-refractivity contribution is 5.78. The first-order valence-corrected chi connectivity index (χ1v) is 6.78. The Hall–Kier alpha value is -2.28. The van der Waals surface area contributed by atoms with Crippen molar-refractivity contribution in [1.82, 2.24) is 5.32 Å². The number of nitrogens with one attached hydrogen (secondary N) is 1. The Morgan fingerprint density at radius 1 is 1.41 bits per heavy atom. The van der Waals surface area contributed by atoms with Crippen LogP contribution < -0.4 is 19.5 Å². The van der Waals surface area contributed by atoms with Gasteiger partial charge in [0, 0.05) is 19.1 Å². The zero-order valence-electron chi connectivity index (χ0n) is 12.9. The molecule has 0 radical (unpaired) electrons. The Bertz CT molecular complexity index is 610. The number of aliphatic hydroxyl groups excluding tert-OH is 1. The van der Waals surface area contributed by atoms with Crippen LogP contribution in [0.1, 0.15) is 32.4 Å². The van der Waals surface area contributed by atoms with Crippen LogP contribution in [0.2, 0.25) is 0 Å². The van der Waals surface area contributed by atoms with Crippen LogP contribution in [-0.4, -0.2) is 36.3 Å². The number of amides is 1. The highest BCUT2D eigenvalue weighted by atomic mass is 16.5. The molecule has 0 saturated carbocycles. The summed E-state index contributed by atoms with van der Waals surface area (Å²) in [4.78, 5) is 22.9. The molecule has 22 heavy (non-hydrogen) atoms. The van der Waals surface area contributed by atoms with Crippen LogP contribution in [0.15, 0.2) is 12.1 Å².